The molecule has 1 saturated carbocycles. The Hall–Kier alpha value is -2.05. The van der Waals surface area contributed by atoms with Gasteiger partial charge in [0.2, 0.25) is 0 Å². The second-order valence-electron chi connectivity index (χ2n) is 11.4. The molecule has 0 unspecified atom stereocenters. The molecule has 0 spiro atoms. The van der Waals surface area contributed by atoms with Gasteiger partial charge >= 0.3 is 6.09 Å². The SMILES string of the molecule is CNC(=O)Oc1ccc2c(c1)c(CN1CCCC1)cn2C1CCN(C2CCC(C(C)C)CC2)CC1. The molecule has 1 aromatic heterocycles. The minimum Gasteiger partial charge on any atom is -0.410 e. The Balaban J connectivity index is 1.31. The molecule has 3 heterocycles. The molecule has 35 heavy (non-hydrogen) atoms. The monoisotopic (exact) mass is 480 g/mol. The third-order valence-electron chi connectivity index (χ3n) is 8.99. The van der Waals surface area contributed by atoms with E-state index in [9.17, 15) is 4.79 Å². The third kappa shape index (κ3) is 5.54. The number of amides is 1. The van der Waals surface area contributed by atoms with Crippen molar-refractivity contribution in [2.45, 2.75) is 83.8 Å². The highest BCUT2D eigenvalue weighted by Gasteiger charge is 2.31. The molecule has 192 valence electrons. The van der Waals surface area contributed by atoms with Crippen molar-refractivity contribution in [2.75, 3.05) is 33.2 Å². The molecule has 3 aliphatic rings. The molecule has 3 fully saturated rings. The number of nitrogens with zero attached hydrogens (tertiary/aromatic N) is 3. The fraction of sp³-hybridized carbons (Fsp3) is 0.690. The lowest BCUT2D eigenvalue weighted by Crippen LogP contribution is -2.43. The Morgan fingerprint density at radius 2 is 1.71 bits per heavy atom. The van der Waals surface area contributed by atoms with E-state index in [1.165, 1.54) is 94.0 Å². The summed E-state index contributed by atoms with van der Waals surface area (Å²) in [4.78, 5) is 17.1. The number of carbonyl (C=O) groups excluding carboxylic acids is 1. The van der Waals surface area contributed by atoms with Gasteiger partial charge in [-0.15, -0.1) is 0 Å². The molecule has 6 nitrogen and oxygen atoms in total. The van der Waals surface area contributed by atoms with Crippen molar-refractivity contribution in [2.24, 2.45) is 11.8 Å². The maximum absolute atomic E-state index is 11.8. The normalized spacial score (nSPS) is 24.9. The van der Waals surface area contributed by atoms with Crippen molar-refractivity contribution < 1.29 is 9.53 Å². The summed E-state index contributed by atoms with van der Waals surface area (Å²) in [7, 11) is 1.60. The Morgan fingerprint density at radius 3 is 2.37 bits per heavy atom. The van der Waals surface area contributed by atoms with Crippen molar-refractivity contribution in [1.29, 1.82) is 0 Å². The first-order chi connectivity index (χ1) is 17.0. The van der Waals surface area contributed by atoms with Crippen LogP contribution in [0.3, 0.4) is 0 Å². The van der Waals surface area contributed by atoms with E-state index in [0.29, 0.717) is 11.8 Å². The standard InChI is InChI=1S/C29H44N4O2/c1-21(2)22-6-8-24(9-7-22)32-16-12-25(13-17-32)33-20-23(19-31-14-4-5-15-31)27-18-26(10-11-28(27)33)35-29(34)30-3/h10-11,18,20-22,24-25H,4-9,12-17,19H2,1-3H3,(H,30,34). The first kappa shape index (κ1) is 24.6. The molecule has 1 aliphatic carbocycles. The molecule has 0 atom stereocenters. The molecular formula is C29H44N4O2. The van der Waals surface area contributed by atoms with Crippen LogP contribution >= 0.6 is 0 Å². The second kappa shape index (κ2) is 10.9. The van der Waals surface area contributed by atoms with E-state index in [0.717, 1.165) is 24.4 Å². The summed E-state index contributed by atoms with van der Waals surface area (Å²) in [6.07, 6.45) is 12.6. The predicted octanol–water partition coefficient (Wildman–Crippen LogP) is 5.81. The highest BCUT2D eigenvalue weighted by Crippen LogP contribution is 2.37. The van der Waals surface area contributed by atoms with E-state index in [1.807, 2.05) is 6.07 Å². The number of piperidine rings is 1. The number of hydrogen-bond donors (Lipinski definition) is 1. The van der Waals surface area contributed by atoms with Crippen LogP contribution in [0, 0.1) is 11.8 Å². The first-order valence-corrected chi connectivity index (χ1v) is 14.0. The third-order valence-corrected chi connectivity index (χ3v) is 8.99. The van der Waals surface area contributed by atoms with E-state index in [1.54, 1.807) is 7.05 Å². The van der Waals surface area contributed by atoms with Crippen LogP contribution in [0.15, 0.2) is 24.4 Å². The molecule has 2 saturated heterocycles. The van der Waals surface area contributed by atoms with E-state index in [-0.39, 0.29) is 0 Å². The van der Waals surface area contributed by atoms with E-state index in [4.69, 9.17) is 4.74 Å². The summed E-state index contributed by atoms with van der Waals surface area (Å²) in [5.41, 5.74) is 2.64. The molecule has 0 bridgehead atoms. The maximum atomic E-state index is 11.8. The van der Waals surface area contributed by atoms with Crippen LogP contribution in [0.1, 0.15) is 76.8 Å². The first-order valence-electron chi connectivity index (χ1n) is 14.0. The summed E-state index contributed by atoms with van der Waals surface area (Å²) >= 11 is 0. The quantitative estimate of drug-likeness (QED) is 0.567. The lowest BCUT2D eigenvalue weighted by atomic mass is 9.79. The van der Waals surface area contributed by atoms with Crippen LogP contribution in [0.2, 0.25) is 0 Å². The highest BCUT2D eigenvalue weighted by atomic mass is 16.5. The number of fused-ring (bicyclic) bond motifs is 1. The van der Waals surface area contributed by atoms with Gasteiger partial charge in [0.05, 0.1) is 0 Å². The number of ether oxygens (including phenoxy) is 1. The number of rotatable bonds is 6. The van der Waals surface area contributed by atoms with Crippen LogP contribution in [0.25, 0.3) is 10.9 Å². The molecular weight excluding hydrogens is 436 g/mol. The van der Waals surface area contributed by atoms with Crippen LogP contribution in [0.5, 0.6) is 5.75 Å². The Morgan fingerprint density at radius 1 is 1.00 bits per heavy atom. The Bertz CT molecular complexity index is 994. The van der Waals surface area contributed by atoms with Gasteiger partial charge in [-0.1, -0.05) is 13.8 Å². The van der Waals surface area contributed by atoms with Gasteiger partial charge in [-0.2, -0.15) is 0 Å². The van der Waals surface area contributed by atoms with Crippen LogP contribution in [-0.2, 0) is 6.54 Å². The Kier molecular flexibility index (Phi) is 7.68. The zero-order chi connectivity index (χ0) is 24.4. The smallest absolute Gasteiger partial charge is 0.410 e. The van der Waals surface area contributed by atoms with Gasteiger partial charge in [-0.3, -0.25) is 4.90 Å². The molecule has 5 rings (SSSR count). The topological polar surface area (TPSA) is 49.7 Å². The van der Waals surface area contributed by atoms with Crippen molar-refractivity contribution >= 4 is 17.0 Å². The van der Waals surface area contributed by atoms with Gasteiger partial charge in [-0.05, 0) is 100 Å². The lowest BCUT2D eigenvalue weighted by Gasteiger charge is -2.42. The molecule has 1 N–H and O–H groups in total. The molecule has 1 amide bonds. The van der Waals surface area contributed by atoms with Gasteiger partial charge < -0.3 is 19.5 Å². The fourth-order valence-electron chi connectivity index (χ4n) is 6.80. The molecule has 6 heteroatoms. The zero-order valence-corrected chi connectivity index (χ0v) is 22.0. The average molecular weight is 481 g/mol. The van der Waals surface area contributed by atoms with Gasteiger partial charge in [0.1, 0.15) is 5.75 Å². The number of hydrogen-bond acceptors (Lipinski definition) is 4. The Labute approximate surface area is 211 Å². The van der Waals surface area contributed by atoms with Crippen LogP contribution < -0.4 is 10.1 Å². The minimum atomic E-state index is -0.417. The van der Waals surface area contributed by atoms with Gasteiger partial charge in [0.15, 0.2) is 0 Å². The zero-order valence-electron chi connectivity index (χ0n) is 22.0. The predicted molar refractivity (Wildman–Crippen MR) is 142 cm³/mol. The number of nitrogens with one attached hydrogen (secondary N) is 1. The number of aromatic nitrogens is 1. The molecule has 2 aromatic rings. The maximum Gasteiger partial charge on any atom is 0.412 e. The number of carbonyl (C=O) groups is 1. The van der Waals surface area contributed by atoms with E-state index < -0.39 is 6.09 Å². The molecule has 2 aliphatic heterocycles. The summed E-state index contributed by atoms with van der Waals surface area (Å²) in [6, 6.07) is 7.49. The fourth-order valence-corrected chi connectivity index (χ4v) is 6.80. The number of benzene rings is 1. The van der Waals surface area contributed by atoms with Crippen LogP contribution in [-0.4, -0.2) is 59.7 Å². The summed E-state index contributed by atoms with van der Waals surface area (Å²) in [6.45, 7) is 10.5. The second-order valence-corrected chi connectivity index (χ2v) is 11.4. The van der Waals surface area contributed by atoms with Gasteiger partial charge in [0, 0.05) is 55.9 Å². The minimum absolute atomic E-state index is 0.417. The van der Waals surface area contributed by atoms with Crippen molar-refractivity contribution in [3.63, 3.8) is 0 Å². The molecule has 1 aromatic carbocycles. The van der Waals surface area contributed by atoms with E-state index >= 15 is 0 Å². The number of likely N-dealkylation sites (tertiary alicyclic amines) is 2. The summed E-state index contributed by atoms with van der Waals surface area (Å²) in [5, 5.41) is 3.78. The highest BCUT2D eigenvalue weighted by molar-refractivity contribution is 5.86. The van der Waals surface area contributed by atoms with Gasteiger partial charge in [0.25, 0.3) is 0 Å². The van der Waals surface area contributed by atoms with Crippen molar-refractivity contribution in [3.05, 3.63) is 30.0 Å². The van der Waals surface area contributed by atoms with Gasteiger partial charge in [-0.25, -0.2) is 4.79 Å². The summed E-state index contributed by atoms with van der Waals surface area (Å²) in [5.74, 6) is 2.38. The van der Waals surface area contributed by atoms with E-state index in [2.05, 4.69) is 51.9 Å². The molecule has 0 radical (unpaired) electrons. The van der Waals surface area contributed by atoms with Crippen molar-refractivity contribution in [1.82, 2.24) is 19.7 Å². The van der Waals surface area contributed by atoms with Crippen LogP contribution in [0.4, 0.5) is 4.79 Å². The summed E-state index contributed by atoms with van der Waals surface area (Å²) < 4.78 is 8.01. The lowest BCUT2D eigenvalue weighted by molar-refractivity contribution is 0.0893. The average Bonchev–Trinajstić information content (AvgIpc) is 3.52. The largest absolute Gasteiger partial charge is 0.412 e. The van der Waals surface area contributed by atoms with Crippen molar-refractivity contribution in [3.8, 4) is 5.75 Å².